The summed E-state index contributed by atoms with van der Waals surface area (Å²) < 4.78 is 14.4. The first-order chi connectivity index (χ1) is 9.74. The van der Waals surface area contributed by atoms with Gasteiger partial charge in [-0.15, -0.1) is 11.3 Å². The average Bonchev–Trinajstić information content (AvgIpc) is 2.92. The molecule has 1 N–H and O–H groups in total. The molecule has 1 aromatic heterocycles. The molecule has 0 saturated heterocycles. The van der Waals surface area contributed by atoms with Crippen LogP contribution < -0.4 is 5.32 Å². The van der Waals surface area contributed by atoms with Crippen LogP contribution in [-0.2, 0) is 6.54 Å². The molecule has 98 valence electrons. The summed E-state index contributed by atoms with van der Waals surface area (Å²) in [4.78, 5) is 4.22. The van der Waals surface area contributed by atoms with Crippen LogP contribution in [-0.4, -0.2) is 4.98 Å². The summed E-state index contributed by atoms with van der Waals surface area (Å²) in [5, 5.41) is 12.0. The lowest BCUT2D eigenvalue weighted by molar-refractivity contribution is 0.625. The van der Waals surface area contributed by atoms with Crippen LogP contribution in [0.3, 0.4) is 0 Å². The maximum absolute atomic E-state index is 13.3. The lowest BCUT2D eigenvalue weighted by Crippen LogP contribution is -2.00. The lowest BCUT2D eigenvalue weighted by Gasteiger charge is -2.07. The van der Waals surface area contributed by atoms with Crippen LogP contribution in [0.25, 0.3) is 10.2 Å². The quantitative estimate of drug-likeness (QED) is 0.792. The van der Waals surface area contributed by atoms with E-state index in [1.54, 1.807) is 22.9 Å². The highest BCUT2D eigenvalue weighted by Crippen LogP contribution is 2.22. The molecule has 0 spiro atoms. The molecule has 3 nitrogen and oxygen atoms in total. The van der Waals surface area contributed by atoms with Gasteiger partial charge in [-0.1, -0.05) is 0 Å². The normalized spacial score (nSPS) is 10.4. The van der Waals surface area contributed by atoms with Crippen molar-refractivity contribution in [3.05, 3.63) is 58.9 Å². The summed E-state index contributed by atoms with van der Waals surface area (Å²) >= 11 is 1.58. The van der Waals surface area contributed by atoms with Gasteiger partial charge in [0.2, 0.25) is 0 Å². The van der Waals surface area contributed by atoms with Gasteiger partial charge in [-0.2, -0.15) is 5.26 Å². The maximum Gasteiger partial charge on any atom is 0.124 e. The minimum Gasteiger partial charge on any atom is -0.381 e. The van der Waals surface area contributed by atoms with Crippen LogP contribution in [0.2, 0.25) is 0 Å². The van der Waals surface area contributed by atoms with Crippen molar-refractivity contribution in [1.29, 1.82) is 5.26 Å². The Hall–Kier alpha value is -2.45. The number of hydrogen-bond acceptors (Lipinski definition) is 4. The molecule has 0 amide bonds. The molecule has 2 aromatic carbocycles. The van der Waals surface area contributed by atoms with Crippen molar-refractivity contribution in [1.82, 2.24) is 4.98 Å². The fourth-order valence-corrected chi connectivity index (χ4v) is 2.70. The number of hydrogen-bond donors (Lipinski definition) is 1. The minimum absolute atomic E-state index is 0.333. The van der Waals surface area contributed by atoms with Crippen LogP contribution in [0, 0.1) is 17.1 Å². The van der Waals surface area contributed by atoms with Crippen molar-refractivity contribution in [3.63, 3.8) is 0 Å². The minimum atomic E-state index is -0.390. The highest BCUT2D eigenvalue weighted by molar-refractivity contribution is 7.16. The van der Waals surface area contributed by atoms with Crippen LogP contribution in [0.15, 0.2) is 41.9 Å². The number of nitrogens with zero attached hydrogens (tertiary/aromatic N) is 2. The summed E-state index contributed by atoms with van der Waals surface area (Å²) in [6.07, 6.45) is 0. The Morgan fingerprint density at radius 2 is 2.15 bits per heavy atom. The number of halogens is 1. The first kappa shape index (κ1) is 12.6. The van der Waals surface area contributed by atoms with Gasteiger partial charge in [0.1, 0.15) is 5.82 Å². The van der Waals surface area contributed by atoms with Gasteiger partial charge in [-0.05, 0) is 42.0 Å². The van der Waals surface area contributed by atoms with Crippen molar-refractivity contribution < 1.29 is 4.39 Å². The van der Waals surface area contributed by atoms with Gasteiger partial charge in [0.25, 0.3) is 0 Å². The zero-order valence-corrected chi connectivity index (χ0v) is 11.2. The van der Waals surface area contributed by atoms with Gasteiger partial charge in [-0.3, -0.25) is 0 Å². The number of benzene rings is 2. The van der Waals surface area contributed by atoms with Crippen LogP contribution in [0.4, 0.5) is 10.1 Å². The first-order valence-electron chi connectivity index (χ1n) is 6.01. The first-order valence-corrected chi connectivity index (χ1v) is 6.89. The molecular formula is C15H10FN3S. The zero-order valence-electron chi connectivity index (χ0n) is 10.4. The van der Waals surface area contributed by atoms with E-state index >= 15 is 0 Å². The van der Waals surface area contributed by atoms with Crippen molar-refractivity contribution in [2.45, 2.75) is 6.54 Å². The molecule has 0 fully saturated rings. The monoisotopic (exact) mass is 283 g/mol. The third-order valence-electron chi connectivity index (χ3n) is 2.91. The Labute approximate surface area is 119 Å². The van der Waals surface area contributed by atoms with E-state index in [-0.39, 0.29) is 0 Å². The summed E-state index contributed by atoms with van der Waals surface area (Å²) in [5.74, 6) is -0.390. The molecule has 0 aliphatic heterocycles. The van der Waals surface area contributed by atoms with E-state index in [0.717, 1.165) is 21.5 Å². The van der Waals surface area contributed by atoms with E-state index in [0.29, 0.717) is 12.1 Å². The highest BCUT2D eigenvalue weighted by Gasteiger charge is 2.02. The number of nitriles is 1. The molecule has 0 aliphatic rings. The van der Waals surface area contributed by atoms with Crippen molar-refractivity contribution >= 4 is 27.2 Å². The molecule has 0 aliphatic carbocycles. The predicted molar refractivity (Wildman–Crippen MR) is 78.1 cm³/mol. The Balaban J connectivity index is 1.79. The van der Waals surface area contributed by atoms with Gasteiger partial charge < -0.3 is 5.32 Å². The van der Waals surface area contributed by atoms with E-state index < -0.39 is 5.82 Å². The van der Waals surface area contributed by atoms with Gasteiger partial charge in [0.15, 0.2) is 0 Å². The Morgan fingerprint density at radius 1 is 1.25 bits per heavy atom. The summed E-state index contributed by atoms with van der Waals surface area (Å²) in [6, 6.07) is 12.2. The number of anilines is 1. The van der Waals surface area contributed by atoms with E-state index in [1.807, 2.05) is 24.3 Å². The molecule has 0 bridgehead atoms. The van der Waals surface area contributed by atoms with E-state index in [1.165, 1.54) is 12.1 Å². The second kappa shape index (κ2) is 5.27. The Bertz CT molecular complexity index is 804. The number of rotatable bonds is 3. The van der Waals surface area contributed by atoms with Gasteiger partial charge >= 0.3 is 0 Å². The number of fused-ring (bicyclic) bond motifs is 1. The molecule has 0 unspecified atom stereocenters. The lowest BCUT2D eigenvalue weighted by atomic mass is 10.1. The Morgan fingerprint density at radius 3 is 3.00 bits per heavy atom. The largest absolute Gasteiger partial charge is 0.381 e. The molecule has 0 atom stereocenters. The highest BCUT2D eigenvalue weighted by atomic mass is 32.1. The van der Waals surface area contributed by atoms with Gasteiger partial charge in [0.05, 0.1) is 27.4 Å². The third-order valence-corrected chi connectivity index (χ3v) is 3.71. The molecule has 20 heavy (non-hydrogen) atoms. The molecule has 1 heterocycles. The SMILES string of the molecule is N#Cc1cc(F)cc(CNc2ccc3ncsc3c2)c1. The van der Waals surface area contributed by atoms with Gasteiger partial charge in [0, 0.05) is 12.2 Å². The van der Waals surface area contributed by atoms with E-state index in [2.05, 4.69) is 10.3 Å². The average molecular weight is 283 g/mol. The zero-order chi connectivity index (χ0) is 13.9. The van der Waals surface area contributed by atoms with E-state index in [4.69, 9.17) is 5.26 Å². The molecule has 3 rings (SSSR count). The number of thiazole rings is 1. The molecule has 5 heteroatoms. The fourth-order valence-electron chi connectivity index (χ4n) is 1.99. The van der Waals surface area contributed by atoms with Crippen molar-refractivity contribution in [3.8, 4) is 6.07 Å². The van der Waals surface area contributed by atoms with Crippen LogP contribution >= 0.6 is 11.3 Å². The van der Waals surface area contributed by atoms with Crippen molar-refractivity contribution in [2.24, 2.45) is 0 Å². The molecule has 3 aromatic rings. The third kappa shape index (κ3) is 2.60. The fraction of sp³-hybridized carbons (Fsp3) is 0.0667. The second-order valence-corrected chi connectivity index (χ2v) is 5.23. The van der Waals surface area contributed by atoms with Crippen LogP contribution in [0.5, 0.6) is 0 Å². The van der Waals surface area contributed by atoms with Gasteiger partial charge in [-0.25, -0.2) is 9.37 Å². The Kier molecular flexibility index (Phi) is 3.32. The molecular weight excluding hydrogens is 273 g/mol. The topological polar surface area (TPSA) is 48.7 Å². The number of nitrogens with one attached hydrogen (secondary N) is 1. The summed E-state index contributed by atoms with van der Waals surface area (Å²) in [6.45, 7) is 0.469. The van der Waals surface area contributed by atoms with Crippen LogP contribution in [0.1, 0.15) is 11.1 Å². The molecule has 0 radical (unpaired) electrons. The second-order valence-electron chi connectivity index (χ2n) is 4.35. The smallest absolute Gasteiger partial charge is 0.124 e. The summed E-state index contributed by atoms with van der Waals surface area (Å²) in [7, 11) is 0. The number of aromatic nitrogens is 1. The molecule has 0 saturated carbocycles. The standard InChI is InChI=1S/C15H10FN3S/c16-12-4-10(7-17)3-11(5-12)8-18-13-1-2-14-15(6-13)20-9-19-14/h1-6,9,18H,8H2. The van der Waals surface area contributed by atoms with Crippen molar-refractivity contribution in [2.75, 3.05) is 5.32 Å². The summed E-state index contributed by atoms with van der Waals surface area (Å²) in [5.41, 5.74) is 4.80. The van der Waals surface area contributed by atoms with E-state index in [9.17, 15) is 4.39 Å². The predicted octanol–water partition coefficient (Wildman–Crippen LogP) is 3.92. The maximum atomic E-state index is 13.3.